The molecule has 0 bridgehead atoms. The third kappa shape index (κ3) is 4.49. The van der Waals surface area contributed by atoms with Crippen LogP contribution in [0.5, 0.6) is 5.75 Å². The van der Waals surface area contributed by atoms with E-state index in [1.54, 1.807) is 14.0 Å². The van der Waals surface area contributed by atoms with E-state index in [0.717, 1.165) is 20.4 Å². The first-order valence-corrected chi connectivity index (χ1v) is 7.09. The zero-order valence-corrected chi connectivity index (χ0v) is 13.4. The first-order valence-electron chi connectivity index (χ1n) is 5.51. The largest absolute Gasteiger partial charge is 0.495 e. The molecule has 0 aliphatic rings. The molecule has 0 radical (unpaired) electrons. The summed E-state index contributed by atoms with van der Waals surface area (Å²) in [5.74, 6) is 0.530. The molecule has 0 spiro atoms. The van der Waals surface area contributed by atoms with Crippen LogP contribution in [0.4, 0.5) is 5.69 Å². The minimum atomic E-state index is -0.204. The fourth-order valence-electron chi connectivity index (χ4n) is 1.35. The van der Waals surface area contributed by atoms with E-state index in [2.05, 4.69) is 37.2 Å². The van der Waals surface area contributed by atoms with E-state index < -0.39 is 0 Å². The standard InChI is InChI=1S/C12H15Br2NO3/c1-3-18-12(16)4-5-15-10-7-11(17-2)9(14)6-8(10)13/h6-7,15H,3-5H2,1-2H3. The molecular weight excluding hydrogens is 366 g/mol. The van der Waals surface area contributed by atoms with Gasteiger partial charge in [0.25, 0.3) is 0 Å². The Bertz CT molecular complexity index is 424. The van der Waals surface area contributed by atoms with E-state index in [1.807, 2.05) is 12.1 Å². The van der Waals surface area contributed by atoms with Crippen molar-refractivity contribution in [3.8, 4) is 5.75 Å². The third-order valence-corrected chi connectivity index (χ3v) is 3.47. The van der Waals surface area contributed by atoms with E-state index in [9.17, 15) is 4.79 Å². The number of carbonyl (C=O) groups is 1. The first-order chi connectivity index (χ1) is 8.58. The zero-order valence-electron chi connectivity index (χ0n) is 10.3. The molecule has 6 heteroatoms. The van der Waals surface area contributed by atoms with Crippen LogP contribution in [-0.2, 0) is 9.53 Å². The Morgan fingerprint density at radius 3 is 2.67 bits per heavy atom. The number of nitrogens with one attached hydrogen (secondary N) is 1. The Morgan fingerprint density at radius 2 is 2.06 bits per heavy atom. The van der Waals surface area contributed by atoms with Crippen LogP contribution in [0.25, 0.3) is 0 Å². The number of benzene rings is 1. The van der Waals surface area contributed by atoms with E-state index >= 15 is 0 Å². The maximum absolute atomic E-state index is 11.2. The highest BCUT2D eigenvalue weighted by molar-refractivity contribution is 9.11. The number of ether oxygens (including phenoxy) is 2. The number of anilines is 1. The quantitative estimate of drug-likeness (QED) is 0.766. The summed E-state index contributed by atoms with van der Waals surface area (Å²) in [6, 6.07) is 3.75. The van der Waals surface area contributed by atoms with Crippen molar-refractivity contribution in [2.24, 2.45) is 0 Å². The molecule has 0 amide bonds. The highest BCUT2D eigenvalue weighted by atomic mass is 79.9. The van der Waals surface area contributed by atoms with Gasteiger partial charge < -0.3 is 14.8 Å². The molecule has 0 aliphatic carbocycles. The van der Waals surface area contributed by atoms with Crippen LogP contribution in [0.2, 0.25) is 0 Å². The van der Waals surface area contributed by atoms with Gasteiger partial charge in [0, 0.05) is 17.1 Å². The number of halogens is 2. The molecule has 1 aromatic carbocycles. The fourth-order valence-corrected chi connectivity index (χ4v) is 2.65. The molecule has 0 saturated heterocycles. The van der Waals surface area contributed by atoms with Gasteiger partial charge in [0.1, 0.15) is 5.75 Å². The van der Waals surface area contributed by atoms with Crippen LogP contribution >= 0.6 is 31.9 Å². The Labute approximate surface area is 123 Å². The molecule has 0 saturated carbocycles. The van der Waals surface area contributed by atoms with E-state index in [-0.39, 0.29) is 5.97 Å². The molecule has 0 heterocycles. The van der Waals surface area contributed by atoms with Crippen molar-refractivity contribution in [2.45, 2.75) is 13.3 Å². The molecule has 4 nitrogen and oxygen atoms in total. The Morgan fingerprint density at radius 1 is 1.33 bits per heavy atom. The minimum Gasteiger partial charge on any atom is -0.495 e. The van der Waals surface area contributed by atoms with E-state index in [1.165, 1.54) is 0 Å². The van der Waals surface area contributed by atoms with Crippen LogP contribution in [-0.4, -0.2) is 26.2 Å². The lowest BCUT2D eigenvalue weighted by molar-refractivity contribution is -0.142. The molecular formula is C12H15Br2NO3. The summed E-state index contributed by atoms with van der Waals surface area (Å²) in [6.45, 7) is 2.72. The fraction of sp³-hybridized carbons (Fsp3) is 0.417. The first kappa shape index (κ1) is 15.3. The number of esters is 1. The molecule has 0 unspecified atom stereocenters. The number of rotatable bonds is 6. The van der Waals surface area contributed by atoms with Gasteiger partial charge in [0.2, 0.25) is 0 Å². The molecule has 1 rings (SSSR count). The van der Waals surface area contributed by atoms with Gasteiger partial charge in [-0.25, -0.2) is 0 Å². The normalized spacial score (nSPS) is 10.0. The van der Waals surface area contributed by atoms with Crippen molar-refractivity contribution in [3.63, 3.8) is 0 Å². The summed E-state index contributed by atoms with van der Waals surface area (Å²) in [7, 11) is 1.61. The van der Waals surface area contributed by atoms with Crippen molar-refractivity contribution in [1.82, 2.24) is 0 Å². The topological polar surface area (TPSA) is 47.6 Å². The van der Waals surface area contributed by atoms with E-state index in [0.29, 0.717) is 19.6 Å². The summed E-state index contributed by atoms with van der Waals surface area (Å²) in [5, 5.41) is 3.16. The molecule has 1 N–H and O–H groups in total. The summed E-state index contributed by atoms with van der Waals surface area (Å²) >= 11 is 6.84. The zero-order chi connectivity index (χ0) is 13.5. The summed E-state index contributed by atoms with van der Waals surface area (Å²) in [5.41, 5.74) is 0.874. The average molecular weight is 381 g/mol. The lowest BCUT2D eigenvalue weighted by atomic mass is 10.3. The number of hydrogen-bond acceptors (Lipinski definition) is 4. The van der Waals surface area contributed by atoms with Gasteiger partial charge in [-0.2, -0.15) is 0 Å². The average Bonchev–Trinajstić information content (AvgIpc) is 2.32. The van der Waals surface area contributed by atoms with Crippen molar-refractivity contribution in [1.29, 1.82) is 0 Å². The van der Waals surface area contributed by atoms with Crippen LogP contribution in [0.3, 0.4) is 0 Å². The summed E-state index contributed by atoms with van der Waals surface area (Å²) in [4.78, 5) is 11.2. The van der Waals surface area contributed by atoms with Gasteiger partial charge in [-0.15, -0.1) is 0 Å². The second-order valence-corrected chi connectivity index (χ2v) is 5.16. The smallest absolute Gasteiger partial charge is 0.307 e. The van der Waals surface area contributed by atoms with Crippen LogP contribution < -0.4 is 10.1 Å². The molecule has 100 valence electrons. The minimum absolute atomic E-state index is 0.204. The third-order valence-electron chi connectivity index (χ3n) is 2.19. The van der Waals surface area contributed by atoms with Crippen LogP contribution in [0.15, 0.2) is 21.1 Å². The predicted molar refractivity (Wildman–Crippen MR) is 78.1 cm³/mol. The lowest BCUT2D eigenvalue weighted by Gasteiger charge is -2.11. The molecule has 0 aromatic heterocycles. The van der Waals surface area contributed by atoms with Gasteiger partial charge in [0.15, 0.2) is 0 Å². The Balaban J connectivity index is 2.59. The Hall–Kier alpha value is -0.750. The van der Waals surface area contributed by atoms with Crippen molar-refractivity contribution in [3.05, 3.63) is 21.1 Å². The van der Waals surface area contributed by atoms with Gasteiger partial charge in [0.05, 0.1) is 30.3 Å². The molecule has 0 aliphatic heterocycles. The van der Waals surface area contributed by atoms with Crippen molar-refractivity contribution >= 4 is 43.5 Å². The number of methoxy groups -OCH3 is 1. The molecule has 18 heavy (non-hydrogen) atoms. The number of hydrogen-bond donors (Lipinski definition) is 1. The molecule has 1 aromatic rings. The highest BCUT2D eigenvalue weighted by Gasteiger charge is 2.07. The van der Waals surface area contributed by atoms with E-state index in [4.69, 9.17) is 9.47 Å². The van der Waals surface area contributed by atoms with Gasteiger partial charge in [-0.1, -0.05) is 0 Å². The van der Waals surface area contributed by atoms with Gasteiger partial charge in [-0.05, 0) is 44.8 Å². The molecule has 0 fully saturated rings. The second-order valence-electron chi connectivity index (χ2n) is 3.45. The van der Waals surface area contributed by atoms with Gasteiger partial charge in [-0.3, -0.25) is 4.79 Å². The highest BCUT2D eigenvalue weighted by Crippen LogP contribution is 2.34. The number of carbonyl (C=O) groups excluding carboxylic acids is 1. The SMILES string of the molecule is CCOC(=O)CCNc1cc(OC)c(Br)cc1Br. The lowest BCUT2D eigenvalue weighted by Crippen LogP contribution is -2.11. The monoisotopic (exact) mass is 379 g/mol. The van der Waals surface area contributed by atoms with Crippen LogP contribution in [0.1, 0.15) is 13.3 Å². The maximum Gasteiger partial charge on any atom is 0.307 e. The Kier molecular flexibility index (Phi) is 6.49. The summed E-state index contributed by atoms with van der Waals surface area (Å²) < 4.78 is 11.8. The molecule has 0 atom stereocenters. The maximum atomic E-state index is 11.2. The second kappa shape index (κ2) is 7.63. The van der Waals surface area contributed by atoms with Crippen LogP contribution in [0, 0.1) is 0 Å². The predicted octanol–water partition coefficient (Wildman–Crippen LogP) is 3.59. The van der Waals surface area contributed by atoms with Crippen molar-refractivity contribution in [2.75, 3.05) is 25.6 Å². The summed E-state index contributed by atoms with van der Waals surface area (Å²) in [6.07, 6.45) is 0.332. The van der Waals surface area contributed by atoms with Crippen molar-refractivity contribution < 1.29 is 14.3 Å². The van der Waals surface area contributed by atoms with Gasteiger partial charge >= 0.3 is 5.97 Å².